The zero-order valence-corrected chi connectivity index (χ0v) is 16.2. The van der Waals surface area contributed by atoms with Crippen molar-refractivity contribution in [1.29, 1.82) is 0 Å². The van der Waals surface area contributed by atoms with Crippen molar-refractivity contribution in [2.75, 3.05) is 0 Å². The summed E-state index contributed by atoms with van der Waals surface area (Å²) in [6.07, 6.45) is -0.618. The van der Waals surface area contributed by atoms with Gasteiger partial charge >= 0.3 is 6.09 Å². The van der Waals surface area contributed by atoms with Crippen LogP contribution in [0.4, 0.5) is 9.18 Å². The van der Waals surface area contributed by atoms with E-state index in [-0.39, 0.29) is 5.39 Å². The van der Waals surface area contributed by atoms with Crippen molar-refractivity contribution in [2.24, 2.45) is 0 Å². The molecule has 0 aliphatic carbocycles. The summed E-state index contributed by atoms with van der Waals surface area (Å²) in [6, 6.07) is 12.1. The molecule has 0 aliphatic heterocycles. The van der Waals surface area contributed by atoms with Crippen LogP contribution in [0, 0.1) is 5.82 Å². The molecule has 3 aromatic rings. The highest BCUT2D eigenvalue weighted by Gasteiger charge is 2.22. The Hall–Kier alpha value is -3.22. The number of hydrogen-bond donors (Lipinski definition) is 1. The van der Waals surface area contributed by atoms with Gasteiger partial charge in [0.25, 0.3) is 5.56 Å². The van der Waals surface area contributed by atoms with E-state index < -0.39 is 29.1 Å². The van der Waals surface area contributed by atoms with Crippen molar-refractivity contribution in [2.45, 2.75) is 39.3 Å². The second kappa shape index (κ2) is 7.42. The molecule has 1 amide bonds. The Morgan fingerprint density at radius 3 is 2.50 bits per heavy atom. The van der Waals surface area contributed by atoms with E-state index in [2.05, 4.69) is 10.3 Å². The van der Waals surface area contributed by atoms with E-state index in [1.165, 1.54) is 22.8 Å². The van der Waals surface area contributed by atoms with Gasteiger partial charge in [-0.25, -0.2) is 14.2 Å². The molecule has 6 nitrogen and oxygen atoms in total. The molecule has 0 aliphatic rings. The highest BCUT2D eigenvalue weighted by molar-refractivity contribution is 5.78. The van der Waals surface area contributed by atoms with Gasteiger partial charge in [-0.2, -0.15) is 0 Å². The SMILES string of the molecule is C[C@H](NC(=O)OC(C)(C)C)c1nc2ccc(F)cc2c(=O)n1-c1ccccc1. The van der Waals surface area contributed by atoms with Gasteiger partial charge in [0.05, 0.1) is 22.6 Å². The monoisotopic (exact) mass is 383 g/mol. The zero-order chi connectivity index (χ0) is 20.5. The standard InChI is InChI=1S/C21H22FN3O3/c1-13(23-20(27)28-21(2,3)4)18-24-17-11-10-14(22)12-16(17)19(26)25(18)15-8-6-5-7-9-15/h5-13H,1-4H3,(H,23,27)/t13-/m0/s1. The molecule has 1 N–H and O–H groups in total. The van der Waals surface area contributed by atoms with Crippen LogP contribution in [0.15, 0.2) is 53.3 Å². The van der Waals surface area contributed by atoms with Gasteiger partial charge in [-0.15, -0.1) is 0 Å². The minimum atomic E-state index is -0.656. The van der Waals surface area contributed by atoms with Crippen LogP contribution in [0.25, 0.3) is 16.6 Å². The summed E-state index contributed by atoms with van der Waals surface area (Å²) in [6.45, 7) is 7.00. The minimum Gasteiger partial charge on any atom is -0.444 e. The van der Waals surface area contributed by atoms with E-state index in [0.29, 0.717) is 17.0 Å². The number of fused-ring (bicyclic) bond motifs is 1. The van der Waals surface area contributed by atoms with Crippen LogP contribution in [-0.2, 0) is 4.74 Å². The third-order valence-electron chi connectivity index (χ3n) is 3.99. The van der Waals surface area contributed by atoms with Gasteiger partial charge in [0.15, 0.2) is 0 Å². The zero-order valence-electron chi connectivity index (χ0n) is 16.2. The molecule has 0 bridgehead atoms. The maximum atomic E-state index is 13.7. The largest absolute Gasteiger partial charge is 0.444 e. The number of rotatable bonds is 3. The number of carbonyl (C=O) groups excluding carboxylic acids is 1. The quantitative estimate of drug-likeness (QED) is 0.739. The van der Waals surface area contributed by atoms with E-state index >= 15 is 0 Å². The lowest BCUT2D eigenvalue weighted by Gasteiger charge is -2.23. The Kier molecular flexibility index (Phi) is 5.18. The lowest BCUT2D eigenvalue weighted by atomic mass is 10.2. The molecule has 0 saturated carbocycles. The van der Waals surface area contributed by atoms with E-state index in [1.54, 1.807) is 52.0 Å². The predicted molar refractivity (Wildman–Crippen MR) is 105 cm³/mol. The maximum Gasteiger partial charge on any atom is 0.408 e. The van der Waals surface area contributed by atoms with Gasteiger partial charge in [-0.3, -0.25) is 9.36 Å². The number of alkyl carbamates (subject to hydrolysis) is 1. The number of benzene rings is 2. The summed E-state index contributed by atoms with van der Waals surface area (Å²) in [4.78, 5) is 29.8. The first-order valence-electron chi connectivity index (χ1n) is 8.93. The fraction of sp³-hybridized carbons (Fsp3) is 0.286. The predicted octanol–water partition coefficient (Wildman–Crippen LogP) is 4.11. The van der Waals surface area contributed by atoms with Crippen LogP contribution in [0.2, 0.25) is 0 Å². The first-order valence-corrected chi connectivity index (χ1v) is 8.93. The average Bonchev–Trinajstić information content (AvgIpc) is 2.61. The van der Waals surface area contributed by atoms with E-state index in [0.717, 1.165) is 0 Å². The Bertz CT molecular complexity index is 1070. The van der Waals surface area contributed by atoms with Crippen LogP contribution in [0.5, 0.6) is 0 Å². The van der Waals surface area contributed by atoms with Gasteiger partial charge in [-0.1, -0.05) is 18.2 Å². The Morgan fingerprint density at radius 1 is 1.18 bits per heavy atom. The molecule has 0 spiro atoms. The van der Waals surface area contributed by atoms with Gasteiger partial charge in [0.2, 0.25) is 0 Å². The van der Waals surface area contributed by atoms with E-state index in [9.17, 15) is 14.0 Å². The van der Waals surface area contributed by atoms with Gasteiger partial charge in [-0.05, 0) is 58.0 Å². The highest BCUT2D eigenvalue weighted by Crippen LogP contribution is 2.19. The molecular formula is C21H22FN3O3. The molecular weight excluding hydrogens is 361 g/mol. The minimum absolute atomic E-state index is 0.164. The molecule has 0 fully saturated rings. The smallest absolute Gasteiger partial charge is 0.408 e. The summed E-state index contributed by atoms with van der Waals surface area (Å²) < 4.78 is 20.4. The third kappa shape index (κ3) is 4.19. The summed E-state index contributed by atoms with van der Waals surface area (Å²) in [5.41, 5.74) is -0.147. The molecule has 0 saturated heterocycles. The number of halogens is 1. The number of hydrogen-bond acceptors (Lipinski definition) is 4. The number of nitrogens with zero attached hydrogens (tertiary/aromatic N) is 2. The lowest BCUT2D eigenvalue weighted by Crippen LogP contribution is -2.36. The van der Waals surface area contributed by atoms with Crippen molar-refractivity contribution in [3.8, 4) is 5.69 Å². The molecule has 1 heterocycles. The fourth-order valence-electron chi connectivity index (χ4n) is 2.84. The van der Waals surface area contributed by atoms with Crippen LogP contribution >= 0.6 is 0 Å². The van der Waals surface area contributed by atoms with Crippen molar-refractivity contribution >= 4 is 17.0 Å². The summed E-state index contributed by atoms with van der Waals surface area (Å²) in [5.74, 6) is -0.195. The molecule has 0 radical (unpaired) electrons. The molecule has 7 heteroatoms. The fourth-order valence-corrected chi connectivity index (χ4v) is 2.84. The topological polar surface area (TPSA) is 73.2 Å². The molecule has 2 aromatic carbocycles. The number of aromatic nitrogens is 2. The van der Waals surface area contributed by atoms with E-state index in [4.69, 9.17) is 4.74 Å². The Labute approximate surface area is 162 Å². The number of para-hydroxylation sites is 1. The summed E-state index contributed by atoms with van der Waals surface area (Å²) in [5, 5.41) is 2.87. The second-order valence-electron chi connectivity index (χ2n) is 7.48. The van der Waals surface area contributed by atoms with Gasteiger partial charge in [0, 0.05) is 0 Å². The molecule has 28 heavy (non-hydrogen) atoms. The van der Waals surface area contributed by atoms with Crippen molar-refractivity contribution in [3.63, 3.8) is 0 Å². The maximum absolute atomic E-state index is 13.7. The number of amides is 1. The molecule has 1 aromatic heterocycles. The molecule has 1 atom stereocenters. The van der Waals surface area contributed by atoms with Crippen molar-refractivity contribution in [3.05, 3.63) is 70.5 Å². The normalized spacial score (nSPS) is 12.6. The van der Waals surface area contributed by atoms with Crippen LogP contribution in [0.3, 0.4) is 0 Å². The number of ether oxygens (including phenoxy) is 1. The molecule has 0 unspecified atom stereocenters. The van der Waals surface area contributed by atoms with E-state index in [1.807, 2.05) is 6.07 Å². The number of nitrogens with one attached hydrogen (secondary N) is 1. The van der Waals surface area contributed by atoms with Crippen LogP contribution < -0.4 is 10.9 Å². The summed E-state index contributed by atoms with van der Waals surface area (Å²) in [7, 11) is 0. The summed E-state index contributed by atoms with van der Waals surface area (Å²) >= 11 is 0. The first-order chi connectivity index (χ1) is 13.2. The Morgan fingerprint density at radius 2 is 1.86 bits per heavy atom. The lowest BCUT2D eigenvalue weighted by molar-refractivity contribution is 0.0505. The van der Waals surface area contributed by atoms with Crippen molar-refractivity contribution < 1.29 is 13.9 Å². The number of carbonyl (C=O) groups is 1. The Balaban J connectivity index is 2.14. The molecule has 3 rings (SSSR count). The van der Waals surface area contributed by atoms with Crippen LogP contribution in [0.1, 0.15) is 39.6 Å². The molecule has 146 valence electrons. The second-order valence-corrected chi connectivity index (χ2v) is 7.48. The first kappa shape index (κ1) is 19.5. The van der Waals surface area contributed by atoms with Crippen LogP contribution in [-0.4, -0.2) is 21.2 Å². The van der Waals surface area contributed by atoms with Gasteiger partial charge < -0.3 is 10.1 Å². The average molecular weight is 383 g/mol. The third-order valence-corrected chi connectivity index (χ3v) is 3.99. The van der Waals surface area contributed by atoms with Gasteiger partial charge in [0.1, 0.15) is 17.2 Å². The van der Waals surface area contributed by atoms with Crippen molar-refractivity contribution in [1.82, 2.24) is 14.9 Å². The highest BCUT2D eigenvalue weighted by atomic mass is 19.1.